The van der Waals surface area contributed by atoms with Crippen molar-refractivity contribution in [1.29, 1.82) is 0 Å². The highest BCUT2D eigenvalue weighted by Crippen LogP contribution is 2.46. The van der Waals surface area contributed by atoms with Crippen LogP contribution in [0.2, 0.25) is 0 Å². The maximum atomic E-state index is 13.2. The molecule has 0 radical (unpaired) electrons. The maximum Gasteiger partial charge on any atom is 0.227 e. The molecule has 134 valence electrons. The van der Waals surface area contributed by atoms with E-state index in [1.807, 2.05) is 18.2 Å². The summed E-state index contributed by atoms with van der Waals surface area (Å²) < 4.78 is 5.99. The van der Waals surface area contributed by atoms with E-state index < -0.39 is 0 Å². The molecule has 0 unspecified atom stereocenters. The van der Waals surface area contributed by atoms with Gasteiger partial charge in [0, 0.05) is 56.8 Å². The summed E-state index contributed by atoms with van der Waals surface area (Å²) in [5, 5.41) is 0. The first-order valence-corrected chi connectivity index (χ1v) is 9.23. The fraction of sp³-hybridized carbons (Fsp3) is 0.550. The smallest absolute Gasteiger partial charge is 0.227 e. The van der Waals surface area contributed by atoms with Crippen LogP contribution in [0.3, 0.4) is 0 Å². The minimum Gasteiger partial charge on any atom is -0.493 e. The third-order valence-corrected chi connectivity index (χ3v) is 5.94. The molecule has 0 spiro atoms. The molecule has 0 N–H and O–H groups in total. The lowest BCUT2D eigenvalue weighted by Gasteiger charge is -2.37. The lowest BCUT2D eigenvalue weighted by atomic mass is 9.84. The van der Waals surface area contributed by atoms with Gasteiger partial charge in [0.2, 0.25) is 5.91 Å². The zero-order chi connectivity index (χ0) is 17.4. The first-order valence-electron chi connectivity index (χ1n) is 9.23. The number of benzene rings is 1. The molecule has 3 heterocycles. The van der Waals surface area contributed by atoms with Crippen LogP contribution < -0.4 is 4.74 Å². The summed E-state index contributed by atoms with van der Waals surface area (Å²) in [4.78, 5) is 19.9. The Kier molecular flexibility index (Phi) is 4.52. The predicted molar refractivity (Wildman–Crippen MR) is 97.5 cm³/mol. The van der Waals surface area contributed by atoms with Gasteiger partial charge in [-0.2, -0.15) is 0 Å². The van der Waals surface area contributed by atoms with Crippen LogP contribution >= 0.6 is 0 Å². The molecule has 0 aliphatic carbocycles. The number of hydrogen-bond acceptors (Lipinski definition) is 4. The van der Waals surface area contributed by atoms with Crippen molar-refractivity contribution in [3.05, 3.63) is 42.5 Å². The van der Waals surface area contributed by atoms with Crippen molar-refractivity contribution in [2.45, 2.75) is 6.04 Å². The van der Waals surface area contributed by atoms with Gasteiger partial charge < -0.3 is 9.64 Å². The molecular formula is C20H27N3O2. The van der Waals surface area contributed by atoms with E-state index in [9.17, 15) is 4.79 Å². The van der Waals surface area contributed by atoms with Crippen molar-refractivity contribution in [3.63, 3.8) is 0 Å². The second-order valence-corrected chi connectivity index (χ2v) is 7.42. The number of hydrogen-bond donors (Lipinski definition) is 0. The lowest BCUT2D eigenvalue weighted by molar-refractivity contribution is -0.138. The summed E-state index contributed by atoms with van der Waals surface area (Å²) in [7, 11) is 2.13. The highest BCUT2D eigenvalue weighted by molar-refractivity contribution is 5.80. The average molecular weight is 341 g/mol. The summed E-state index contributed by atoms with van der Waals surface area (Å²) in [6.45, 7) is 9.68. The molecule has 2 saturated heterocycles. The van der Waals surface area contributed by atoms with Gasteiger partial charge in [0.05, 0.1) is 12.5 Å². The first-order chi connectivity index (χ1) is 12.2. The van der Waals surface area contributed by atoms with Crippen LogP contribution in [0.5, 0.6) is 5.75 Å². The van der Waals surface area contributed by atoms with Gasteiger partial charge in [-0.1, -0.05) is 24.3 Å². The Morgan fingerprint density at radius 1 is 1.28 bits per heavy atom. The van der Waals surface area contributed by atoms with E-state index in [-0.39, 0.29) is 11.8 Å². The van der Waals surface area contributed by atoms with Crippen LogP contribution in [0, 0.1) is 11.8 Å². The zero-order valence-electron chi connectivity index (χ0n) is 14.9. The monoisotopic (exact) mass is 341 g/mol. The maximum absolute atomic E-state index is 13.2. The third kappa shape index (κ3) is 2.96. The van der Waals surface area contributed by atoms with Gasteiger partial charge >= 0.3 is 0 Å². The van der Waals surface area contributed by atoms with Gasteiger partial charge in [0.1, 0.15) is 5.75 Å². The van der Waals surface area contributed by atoms with E-state index in [1.165, 1.54) is 5.56 Å². The number of nitrogens with zero attached hydrogens (tertiary/aromatic N) is 3. The van der Waals surface area contributed by atoms with Crippen molar-refractivity contribution in [2.24, 2.45) is 11.8 Å². The van der Waals surface area contributed by atoms with Crippen molar-refractivity contribution in [3.8, 4) is 5.75 Å². The van der Waals surface area contributed by atoms with E-state index in [4.69, 9.17) is 4.74 Å². The number of amides is 1. The van der Waals surface area contributed by atoms with Crippen molar-refractivity contribution < 1.29 is 9.53 Å². The van der Waals surface area contributed by atoms with Gasteiger partial charge in [0.15, 0.2) is 0 Å². The lowest BCUT2D eigenvalue weighted by Crippen LogP contribution is -2.51. The van der Waals surface area contributed by atoms with E-state index >= 15 is 0 Å². The van der Waals surface area contributed by atoms with Crippen molar-refractivity contribution in [2.75, 3.05) is 52.9 Å². The van der Waals surface area contributed by atoms with E-state index in [0.717, 1.165) is 45.0 Å². The zero-order valence-corrected chi connectivity index (χ0v) is 14.9. The molecule has 3 aliphatic heterocycles. The van der Waals surface area contributed by atoms with Crippen LogP contribution in [-0.2, 0) is 4.79 Å². The normalized spacial score (nSPS) is 29.6. The number of piperazine rings is 1. The highest BCUT2D eigenvalue weighted by Gasteiger charge is 2.48. The molecular weight excluding hydrogens is 314 g/mol. The van der Waals surface area contributed by atoms with Gasteiger partial charge in [-0.15, -0.1) is 6.58 Å². The van der Waals surface area contributed by atoms with Crippen LogP contribution in [0.4, 0.5) is 0 Å². The van der Waals surface area contributed by atoms with Crippen molar-refractivity contribution in [1.82, 2.24) is 14.7 Å². The topological polar surface area (TPSA) is 36.0 Å². The van der Waals surface area contributed by atoms with E-state index in [0.29, 0.717) is 18.6 Å². The fourth-order valence-corrected chi connectivity index (χ4v) is 4.65. The summed E-state index contributed by atoms with van der Waals surface area (Å²) in [5.41, 5.74) is 1.23. The molecule has 25 heavy (non-hydrogen) atoms. The molecule has 1 aromatic carbocycles. The van der Waals surface area contributed by atoms with Gasteiger partial charge in [0.25, 0.3) is 0 Å². The fourth-order valence-electron chi connectivity index (χ4n) is 4.65. The molecule has 3 aliphatic rings. The molecule has 2 fully saturated rings. The SMILES string of the molecule is C=CCN1CCN(C(=O)[C@@H]2CN(C)[C@H]3c4ccccc4OC[C@@H]23)CC1. The summed E-state index contributed by atoms with van der Waals surface area (Å²) in [6.07, 6.45) is 1.94. The molecule has 5 heteroatoms. The van der Waals surface area contributed by atoms with Gasteiger partial charge in [-0.05, 0) is 13.1 Å². The van der Waals surface area contributed by atoms with Crippen LogP contribution in [-0.4, -0.2) is 73.5 Å². The molecule has 4 rings (SSSR count). The number of carbonyl (C=O) groups excluding carboxylic acids is 1. The minimum absolute atomic E-state index is 0.0364. The molecule has 1 aromatic rings. The Hall–Kier alpha value is -1.85. The standard InChI is InChI=1S/C20H27N3O2/c1-3-8-22-9-11-23(12-10-22)20(24)16-13-21(2)19-15-6-4-5-7-18(15)25-14-17(16)19/h3-7,16-17,19H,1,8-14H2,2H3/t16-,17+,19+/m1/s1. The van der Waals surface area contributed by atoms with Gasteiger partial charge in [-0.3, -0.25) is 14.6 Å². The molecule has 1 amide bonds. The largest absolute Gasteiger partial charge is 0.493 e. The van der Waals surface area contributed by atoms with E-state index in [1.54, 1.807) is 0 Å². The minimum atomic E-state index is 0.0364. The predicted octanol–water partition coefficient (Wildman–Crippen LogP) is 1.63. The molecule has 3 atom stereocenters. The summed E-state index contributed by atoms with van der Waals surface area (Å²) >= 11 is 0. The Morgan fingerprint density at radius 2 is 2.04 bits per heavy atom. The second kappa shape index (κ2) is 6.81. The molecule has 5 nitrogen and oxygen atoms in total. The number of para-hydroxylation sites is 1. The van der Waals surface area contributed by atoms with Crippen LogP contribution in [0.15, 0.2) is 36.9 Å². The number of fused-ring (bicyclic) bond motifs is 3. The number of carbonyl (C=O) groups is 1. The summed E-state index contributed by atoms with van der Waals surface area (Å²) in [6, 6.07) is 8.55. The van der Waals surface area contributed by atoms with E-state index in [2.05, 4.69) is 40.5 Å². The first kappa shape index (κ1) is 16.6. The Balaban J connectivity index is 1.48. The Labute approximate surface area is 149 Å². The number of likely N-dealkylation sites (tertiary alicyclic amines) is 1. The molecule has 0 saturated carbocycles. The number of ether oxygens (including phenoxy) is 1. The quantitative estimate of drug-likeness (QED) is 0.783. The van der Waals surface area contributed by atoms with Gasteiger partial charge in [-0.25, -0.2) is 0 Å². The Bertz CT molecular complexity index is 654. The Morgan fingerprint density at radius 3 is 2.80 bits per heavy atom. The van der Waals surface area contributed by atoms with Crippen molar-refractivity contribution >= 4 is 5.91 Å². The highest BCUT2D eigenvalue weighted by atomic mass is 16.5. The number of rotatable bonds is 3. The second-order valence-electron chi connectivity index (χ2n) is 7.42. The molecule has 0 aromatic heterocycles. The average Bonchev–Trinajstić information content (AvgIpc) is 2.99. The summed E-state index contributed by atoms with van der Waals surface area (Å²) in [5.74, 6) is 1.57. The van der Waals surface area contributed by atoms with Crippen LogP contribution in [0.25, 0.3) is 0 Å². The molecule has 0 bridgehead atoms. The van der Waals surface area contributed by atoms with Crippen LogP contribution in [0.1, 0.15) is 11.6 Å². The third-order valence-electron chi connectivity index (χ3n) is 5.94.